The predicted molar refractivity (Wildman–Crippen MR) is 82.8 cm³/mol. The van der Waals surface area contributed by atoms with Gasteiger partial charge >= 0.3 is 0 Å². The molecule has 1 heterocycles. The van der Waals surface area contributed by atoms with Gasteiger partial charge in [-0.15, -0.1) is 0 Å². The SMILES string of the molecule is N#CSc1ncc2c(n1)C(=Cc1cccc([N+](=O)[O-])c1)CC2. The second-order valence-corrected chi connectivity index (χ2v) is 5.49. The van der Waals surface area contributed by atoms with E-state index in [2.05, 4.69) is 9.97 Å². The Bertz CT molecular complexity index is 827. The van der Waals surface area contributed by atoms with Crippen LogP contribution >= 0.6 is 11.8 Å². The zero-order chi connectivity index (χ0) is 15.5. The van der Waals surface area contributed by atoms with Gasteiger partial charge in [0.2, 0.25) is 5.16 Å². The molecule has 6 nitrogen and oxygen atoms in total. The van der Waals surface area contributed by atoms with Crippen LogP contribution in [-0.4, -0.2) is 14.9 Å². The number of benzene rings is 1. The van der Waals surface area contributed by atoms with E-state index < -0.39 is 4.92 Å². The molecular formula is C15H10N4O2S. The predicted octanol–water partition coefficient (Wildman–Crippen LogP) is 3.44. The van der Waals surface area contributed by atoms with Crippen LogP contribution in [0.15, 0.2) is 35.6 Å². The third kappa shape index (κ3) is 2.82. The van der Waals surface area contributed by atoms with Crippen LogP contribution in [0.2, 0.25) is 0 Å². The van der Waals surface area contributed by atoms with Gasteiger partial charge in [0.15, 0.2) is 0 Å². The van der Waals surface area contributed by atoms with Crippen LogP contribution in [0.5, 0.6) is 0 Å². The number of non-ortho nitro benzene ring substituents is 1. The number of nitriles is 1. The third-order valence-electron chi connectivity index (χ3n) is 3.37. The quantitative estimate of drug-likeness (QED) is 0.283. The number of allylic oxidation sites excluding steroid dienone is 1. The summed E-state index contributed by atoms with van der Waals surface area (Å²) in [6.45, 7) is 0. The molecule has 0 radical (unpaired) electrons. The second kappa shape index (κ2) is 5.95. The van der Waals surface area contributed by atoms with E-state index in [4.69, 9.17) is 5.26 Å². The first-order valence-electron chi connectivity index (χ1n) is 6.54. The van der Waals surface area contributed by atoms with E-state index >= 15 is 0 Å². The molecule has 0 aliphatic heterocycles. The van der Waals surface area contributed by atoms with Gasteiger partial charge in [0, 0.05) is 30.1 Å². The van der Waals surface area contributed by atoms with Crippen molar-refractivity contribution < 1.29 is 4.92 Å². The molecule has 0 spiro atoms. The van der Waals surface area contributed by atoms with Gasteiger partial charge in [-0.3, -0.25) is 10.1 Å². The normalized spacial score (nSPS) is 14.6. The largest absolute Gasteiger partial charge is 0.270 e. The molecule has 0 atom stereocenters. The van der Waals surface area contributed by atoms with E-state index in [1.807, 2.05) is 17.5 Å². The van der Waals surface area contributed by atoms with E-state index in [0.29, 0.717) is 5.16 Å². The monoisotopic (exact) mass is 310 g/mol. The van der Waals surface area contributed by atoms with Crippen molar-refractivity contribution in [1.82, 2.24) is 9.97 Å². The molecule has 1 aromatic heterocycles. The molecule has 108 valence electrons. The zero-order valence-corrected chi connectivity index (χ0v) is 12.2. The van der Waals surface area contributed by atoms with Crippen molar-refractivity contribution in [1.29, 1.82) is 5.26 Å². The van der Waals surface area contributed by atoms with Crippen LogP contribution in [0, 0.1) is 20.8 Å². The van der Waals surface area contributed by atoms with E-state index in [1.54, 1.807) is 12.3 Å². The fraction of sp³-hybridized carbons (Fsp3) is 0.133. The summed E-state index contributed by atoms with van der Waals surface area (Å²) in [5, 5.41) is 21.9. The number of aromatic nitrogens is 2. The Hall–Kier alpha value is -2.72. The summed E-state index contributed by atoms with van der Waals surface area (Å²) in [7, 11) is 0. The summed E-state index contributed by atoms with van der Waals surface area (Å²) >= 11 is 0.923. The highest BCUT2D eigenvalue weighted by Crippen LogP contribution is 2.33. The number of thiocyanates is 1. The molecule has 0 unspecified atom stereocenters. The maximum atomic E-state index is 10.8. The summed E-state index contributed by atoms with van der Waals surface area (Å²) in [6.07, 6.45) is 5.31. The van der Waals surface area contributed by atoms with Crippen molar-refractivity contribution in [2.75, 3.05) is 0 Å². The van der Waals surface area contributed by atoms with Crippen molar-refractivity contribution >= 4 is 29.1 Å². The lowest BCUT2D eigenvalue weighted by Gasteiger charge is -2.02. The number of hydrogen-bond donors (Lipinski definition) is 0. The molecule has 0 N–H and O–H groups in total. The molecule has 0 amide bonds. The molecule has 22 heavy (non-hydrogen) atoms. The summed E-state index contributed by atoms with van der Waals surface area (Å²) in [5.74, 6) is 0. The minimum atomic E-state index is -0.408. The second-order valence-electron chi connectivity index (χ2n) is 4.74. The van der Waals surface area contributed by atoms with Crippen LogP contribution in [0.25, 0.3) is 11.6 Å². The molecule has 3 rings (SSSR count). The van der Waals surface area contributed by atoms with Gasteiger partial charge in [0.05, 0.1) is 10.6 Å². The van der Waals surface area contributed by atoms with Gasteiger partial charge in [-0.2, -0.15) is 5.26 Å². The fourth-order valence-electron chi connectivity index (χ4n) is 2.40. The zero-order valence-electron chi connectivity index (χ0n) is 11.4. The highest BCUT2D eigenvalue weighted by atomic mass is 32.2. The van der Waals surface area contributed by atoms with Gasteiger partial charge in [-0.25, -0.2) is 9.97 Å². The Labute approximate surface area is 130 Å². The number of aryl methyl sites for hydroxylation is 1. The summed E-state index contributed by atoms with van der Waals surface area (Å²) in [6, 6.07) is 6.49. The number of fused-ring (bicyclic) bond motifs is 1. The Balaban J connectivity index is 1.98. The number of nitro groups is 1. The summed E-state index contributed by atoms with van der Waals surface area (Å²) in [5.41, 5.74) is 3.72. The number of nitro benzene ring substituents is 1. The lowest BCUT2D eigenvalue weighted by Crippen LogP contribution is -1.93. The van der Waals surface area contributed by atoms with Crippen molar-refractivity contribution in [3.63, 3.8) is 0 Å². The highest BCUT2D eigenvalue weighted by Gasteiger charge is 2.19. The number of nitrogens with zero attached hydrogens (tertiary/aromatic N) is 4. The van der Waals surface area contributed by atoms with Crippen LogP contribution in [0.4, 0.5) is 5.69 Å². The molecule has 0 saturated carbocycles. The van der Waals surface area contributed by atoms with Crippen LogP contribution < -0.4 is 0 Å². The van der Waals surface area contributed by atoms with Crippen molar-refractivity contribution in [3.05, 3.63) is 57.4 Å². The van der Waals surface area contributed by atoms with Gasteiger partial charge in [0.1, 0.15) is 5.40 Å². The van der Waals surface area contributed by atoms with Crippen LogP contribution in [0.1, 0.15) is 23.2 Å². The van der Waals surface area contributed by atoms with E-state index in [-0.39, 0.29) is 5.69 Å². The number of hydrogen-bond acceptors (Lipinski definition) is 6. The molecule has 0 saturated heterocycles. The van der Waals surface area contributed by atoms with E-state index in [1.165, 1.54) is 12.1 Å². The average Bonchev–Trinajstić information content (AvgIpc) is 2.90. The molecule has 2 aromatic rings. The Morgan fingerprint density at radius 3 is 3.05 bits per heavy atom. The lowest BCUT2D eigenvalue weighted by atomic mass is 10.1. The standard InChI is InChI=1S/C15H10N4O2S/c16-9-22-15-17-8-12-5-4-11(14(12)18-15)6-10-2-1-3-13(7-10)19(20)21/h1-3,6-8H,4-5H2. The summed E-state index contributed by atoms with van der Waals surface area (Å²) in [4.78, 5) is 19.0. The topological polar surface area (TPSA) is 92.7 Å². The maximum absolute atomic E-state index is 10.8. The first-order valence-corrected chi connectivity index (χ1v) is 7.36. The van der Waals surface area contributed by atoms with Gasteiger partial charge in [-0.05, 0) is 35.6 Å². The minimum absolute atomic E-state index is 0.0657. The third-order valence-corrected chi connectivity index (χ3v) is 3.84. The van der Waals surface area contributed by atoms with Crippen molar-refractivity contribution in [3.8, 4) is 5.40 Å². The molecule has 1 aliphatic rings. The molecule has 1 aliphatic carbocycles. The molecule has 1 aromatic carbocycles. The highest BCUT2D eigenvalue weighted by molar-refractivity contribution is 8.03. The lowest BCUT2D eigenvalue weighted by molar-refractivity contribution is -0.384. The Kier molecular flexibility index (Phi) is 3.85. The number of rotatable bonds is 3. The summed E-state index contributed by atoms with van der Waals surface area (Å²) < 4.78 is 0. The molecule has 7 heteroatoms. The molecule has 0 fully saturated rings. The Morgan fingerprint density at radius 2 is 2.27 bits per heavy atom. The van der Waals surface area contributed by atoms with E-state index in [9.17, 15) is 10.1 Å². The van der Waals surface area contributed by atoms with E-state index in [0.717, 1.165) is 47.0 Å². The van der Waals surface area contributed by atoms with Crippen LogP contribution in [0.3, 0.4) is 0 Å². The average molecular weight is 310 g/mol. The van der Waals surface area contributed by atoms with Crippen molar-refractivity contribution in [2.24, 2.45) is 0 Å². The van der Waals surface area contributed by atoms with Crippen LogP contribution in [-0.2, 0) is 6.42 Å². The van der Waals surface area contributed by atoms with Gasteiger partial charge < -0.3 is 0 Å². The van der Waals surface area contributed by atoms with Gasteiger partial charge in [0.25, 0.3) is 5.69 Å². The number of thioether (sulfide) groups is 1. The molecule has 0 bridgehead atoms. The Morgan fingerprint density at radius 1 is 1.41 bits per heavy atom. The fourth-order valence-corrected chi connectivity index (χ4v) is 2.72. The van der Waals surface area contributed by atoms with Gasteiger partial charge in [-0.1, -0.05) is 12.1 Å². The smallest absolute Gasteiger partial charge is 0.258 e. The molecular weight excluding hydrogens is 300 g/mol. The minimum Gasteiger partial charge on any atom is -0.258 e. The first-order chi connectivity index (χ1) is 10.7. The van der Waals surface area contributed by atoms with Crippen molar-refractivity contribution in [2.45, 2.75) is 18.0 Å². The maximum Gasteiger partial charge on any atom is 0.270 e. The first kappa shape index (κ1) is 14.2.